The summed E-state index contributed by atoms with van der Waals surface area (Å²) in [6.45, 7) is 7.44. The number of ether oxygens (including phenoxy) is 1. The molecule has 2 rings (SSSR count). The second-order valence-corrected chi connectivity index (χ2v) is 11.6. The highest BCUT2D eigenvalue weighted by Crippen LogP contribution is 2.18. The number of carbonyl (C=O) groups excluding carboxylic acids is 4. The Morgan fingerprint density at radius 1 is 1.09 bits per heavy atom. The molecule has 0 aliphatic heterocycles. The molecule has 3 atom stereocenters. The molecule has 236 valence electrons. The first-order valence-corrected chi connectivity index (χ1v) is 13.9. The van der Waals surface area contributed by atoms with Crippen LogP contribution in [0.4, 0.5) is 4.39 Å². The van der Waals surface area contributed by atoms with Crippen molar-refractivity contribution in [1.82, 2.24) is 20.9 Å². The van der Waals surface area contributed by atoms with E-state index in [0.717, 1.165) is 0 Å². The van der Waals surface area contributed by atoms with Gasteiger partial charge >= 0.3 is 0 Å². The second kappa shape index (κ2) is 15.6. The molecule has 2 aromatic rings. The number of nitrogens with zero attached hydrogens (tertiary/aromatic N) is 2. The Hall–Kier alpha value is -4.76. The summed E-state index contributed by atoms with van der Waals surface area (Å²) in [5.41, 5.74) is 0.472. The standard InChI is InChI=1S/C32H40FN5O6/c1-19-11-12-22(25(33)13-19)17-35-28(40)26(36-29(41)27(20(2)39)37-31(43)32(3,4)5)18-44-24-10-8-9-21(15-24)14-23(16-34)30(42)38(6)7/h8-15,20,26-27,39H,17-18H2,1-7H3,(H,35,40)(H,36,41)(H,37,43). The van der Waals surface area contributed by atoms with Crippen molar-refractivity contribution >= 4 is 29.7 Å². The molecule has 12 heteroatoms. The van der Waals surface area contributed by atoms with E-state index in [2.05, 4.69) is 16.0 Å². The van der Waals surface area contributed by atoms with Gasteiger partial charge in [-0.15, -0.1) is 0 Å². The number of nitrogens with one attached hydrogen (secondary N) is 3. The van der Waals surface area contributed by atoms with Crippen molar-refractivity contribution in [3.8, 4) is 11.8 Å². The lowest BCUT2D eigenvalue weighted by Crippen LogP contribution is -2.59. The van der Waals surface area contributed by atoms with Crippen LogP contribution in [-0.2, 0) is 25.7 Å². The number of amides is 4. The predicted molar refractivity (Wildman–Crippen MR) is 162 cm³/mol. The van der Waals surface area contributed by atoms with E-state index in [9.17, 15) is 33.9 Å². The summed E-state index contributed by atoms with van der Waals surface area (Å²) in [6, 6.07) is 10.1. The Morgan fingerprint density at radius 2 is 1.77 bits per heavy atom. The zero-order valence-electron chi connectivity index (χ0n) is 26.0. The molecule has 0 fully saturated rings. The van der Waals surface area contributed by atoms with Crippen molar-refractivity contribution in [3.63, 3.8) is 0 Å². The number of carbonyl (C=O) groups is 4. The summed E-state index contributed by atoms with van der Waals surface area (Å²) < 4.78 is 20.2. The molecule has 0 saturated heterocycles. The van der Waals surface area contributed by atoms with Gasteiger partial charge in [-0.1, -0.05) is 45.0 Å². The third-order valence-corrected chi connectivity index (χ3v) is 6.37. The monoisotopic (exact) mass is 609 g/mol. The Balaban J connectivity index is 2.30. The van der Waals surface area contributed by atoms with Crippen LogP contribution in [0.3, 0.4) is 0 Å². The summed E-state index contributed by atoms with van der Waals surface area (Å²) in [7, 11) is 3.05. The van der Waals surface area contributed by atoms with E-state index in [0.29, 0.717) is 11.1 Å². The van der Waals surface area contributed by atoms with E-state index in [1.807, 2.05) is 6.07 Å². The average molecular weight is 610 g/mol. The third-order valence-electron chi connectivity index (χ3n) is 6.37. The van der Waals surface area contributed by atoms with Crippen LogP contribution in [0.1, 0.15) is 44.4 Å². The molecule has 2 aromatic carbocycles. The molecule has 0 heterocycles. The molecular weight excluding hydrogens is 569 g/mol. The summed E-state index contributed by atoms with van der Waals surface area (Å²) in [4.78, 5) is 52.5. The van der Waals surface area contributed by atoms with Gasteiger partial charge in [0.15, 0.2) is 0 Å². The quantitative estimate of drug-likeness (QED) is 0.212. The molecule has 0 radical (unpaired) electrons. The van der Waals surface area contributed by atoms with E-state index in [-0.39, 0.29) is 30.0 Å². The number of benzene rings is 2. The van der Waals surface area contributed by atoms with Crippen molar-refractivity contribution in [2.45, 2.75) is 59.4 Å². The first kappa shape index (κ1) is 35.4. The van der Waals surface area contributed by atoms with E-state index in [4.69, 9.17) is 4.74 Å². The smallest absolute Gasteiger partial charge is 0.264 e. The fourth-order valence-corrected chi connectivity index (χ4v) is 3.73. The number of nitriles is 1. The van der Waals surface area contributed by atoms with Gasteiger partial charge in [-0.2, -0.15) is 5.26 Å². The number of aliphatic hydroxyl groups excluding tert-OH is 1. The molecular formula is C32H40FN5O6. The first-order chi connectivity index (χ1) is 20.5. The van der Waals surface area contributed by atoms with Crippen molar-refractivity contribution in [3.05, 3.63) is 70.5 Å². The lowest BCUT2D eigenvalue weighted by Gasteiger charge is -2.27. The minimum Gasteiger partial charge on any atom is -0.491 e. The number of halogens is 1. The summed E-state index contributed by atoms with van der Waals surface area (Å²) in [6.07, 6.45) is 0.0952. The Kier molecular flexibility index (Phi) is 12.6. The Bertz CT molecular complexity index is 1440. The maximum Gasteiger partial charge on any atom is 0.264 e. The van der Waals surface area contributed by atoms with Crippen molar-refractivity contribution in [2.24, 2.45) is 5.41 Å². The number of rotatable bonds is 12. The van der Waals surface area contributed by atoms with E-state index >= 15 is 0 Å². The lowest BCUT2D eigenvalue weighted by molar-refractivity contribution is -0.137. The van der Waals surface area contributed by atoms with E-state index in [1.165, 1.54) is 44.1 Å². The van der Waals surface area contributed by atoms with Crippen LogP contribution in [0.2, 0.25) is 0 Å². The van der Waals surface area contributed by atoms with Gasteiger partial charge in [0.1, 0.15) is 41.9 Å². The Labute approximate surface area is 257 Å². The van der Waals surface area contributed by atoms with Gasteiger partial charge in [0.05, 0.1) is 6.10 Å². The molecule has 0 spiro atoms. The van der Waals surface area contributed by atoms with Gasteiger partial charge in [-0.3, -0.25) is 19.2 Å². The van der Waals surface area contributed by atoms with Gasteiger partial charge in [-0.25, -0.2) is 4.39 Å². The maximum atomic E-state index is 14.4. The fourth-order valence-electron chi connectivity index (χ4n) is 3.73. The number of aliphatic hydroxyl groups is 1. The van der Waals surface area contributed by atoms with Gasteiger partial charge in [0.25, 0.3) is 5.91 Å². The van der Waals surface area contributed by atoms with Crippen LogP contribution >= 0.6 is 0 Å². The van der Waals surface area contributed by atoms with Crippen LogP contribution in [0, 0.1) is 29.5 Å². The number of likely N-dealkylation sites (N-methyl/N-ethyl adjacent to an activating group) is 1. The molecule has 44 heavy (non-hydrogen) atoms. The third kappa shape index (κ3) is 10.5. The predicted octanol–water partition coefficient (Wildman–Crippen LogP) is 2.22. The molecule has 11 nitrogen and oxygen atoms in total. The molecule has 4 N–H and O–H groups in total. The second-order valence-electron chi connectivity index (χ2n) is 11.6. The van der Waals surface area contributed by atoms with Gasteiger partial charge in [0.2, 0.25) is 17.7 Å². The molecule has 3 unspecified atom stereocenters. The highest BCUT2D eigenvalue weighted by molar-refractivity contribution is 6.01. The van der Waals surface area contributed by atoms with Crippen molar-refractivity contribution in [1.29, 1.82) is 5.26 Å². The van der Waals surface area contributed by atoms with Gasteiger partial charge < -0.3 is 30.7 Å². The molecule has 4 amide bonds. The Morgan fingerprint density at radius 3 is 2.34 bits per heavy atom. The van der Waals surface area contributed by atoms with E-state index < -0.39 is 53.0 Å². The SMILES string of the molecule is Cc1ccc(CNC(=O)C(COc2cccc(C=C(C#N)C(=O)N(C)C)c2)NC(=O)C(NC(=O)C(C)(C)C)C(C)O)c(F)c1. The molecule has 0 saturated carbocycles. The van der Waals surface area contributed by atoms with Crippen molar-refractivity contribution in [2.75, 3.05) is 20.7 Å². The summed E-state index contributed by atoms with van der Waals surface area (Å²) in [5.74, 6) is -2.74. The zero-order valence-corrected chi connectivity index (χ0v) is 26.0. The topological polar surface area (TPSA) is 161 Å². The van der Waals surface area contributed by atoms with Crippen LogP contribution in [0.5, 0.6) is 5.75 Å². The summed E-state index contributed by atoms with van der Waals surface area (Å²) >= 11 is 0. The minimum atomic E-state index is -1.38. The van der Waals surface area contributed by atoms with Gasteiger partial charge in [0, 0.05) is 31.6 Å². The number of aryl methyl sites for hydroxylation is 1. The van der Waals surface area contributed by atoms with Crippen molar-refractivity contribution < 1.29 is 33.4 Å². The molecule has 0 aliphatic carbocycles. The minimum absolute atomic E-state index is 0.0959. The van der Waals surface area contributed by atoms with Crippen LogP contribution < -0.4 is 20.7 Å². The average Bonchev–Trinajstić information content (AvgIpc) is 2.94. The summed E-state index contributed by atoms with van der Waals surface area (Å²) in [5, 5.41) is 27.3. The molecule has 0 bridgehead atoms. The fraction of sp³-hybridized carbons (Fsp3) is 0.406. The molecule has 0 aliphatic rings. The molecule has 0 aromatic heterocycles. The van der Waals surface area contributed by atoms with Crippen LogP contribution in [-0.4, -0.2) is 72.5 Å². The maximum absolute atomic E-state index is 14.4. The van der Waals surface area contributed by atoms with E-state index in [1.54, 1.807) is 58.0 Å². The number of hydrogen-bond acceptors (Lipinski definition) is 7. The normalized spacial score (nSPS) is 13.5. The van der Waals surface area contributed by atoms with Crippen LogP contribution in [0.25, 0.3) is 6.08 Å². The van der Waals surface area contributed by atoms with Gasteiger partial charge in [-0.05, 0) is 49.2 Å². The zero-order chi connectivity index (χ0) is 33.2. The number of hydrogen-bond donors (Lipinski definition) is 4. The largest absolute Gasteiger partial charge is 0.491 e. The lowest BCUT2D eigenvalue weighted by atomic mass is 9.94. The highest BCUT2D eigenvalue weighted by atomic mass is 19.1. The first-order valence-electron chi connectivity index (χ1n) is 13.9. The highest BCUT2D eigenvalue weighted by Gasteiger charge is 2.33. The van der Waals surface area contributed by atoms with Crippen LogP contribution in [0.15, 0.2) is 48.0 Å².